The smallest absolute Gasteiger partial charge is 0.298 e. The molecule has 2 aromatic heterocycles. The number of quaternary nitrogens is 1. The van der Waals surface area contributed by atoms with Crippen LogP contribution >= 0.6 is 0 Å². The molecule has 0 saturated carbocycles. The van der Waals surface area contributed by atoms with E-state index in [2.05, 4.69) is 5.10 Å². The lowest BCUT2D eigenvalue weighted by Gasteiger charge is -2.32. The number of furan rings is 2. The molecule has 8 nitrogen and oxygen atoms in total. The summed E-state index contributed by atoms with van der Waals surface area (Å²) in [6, 6.07) is 13.2. The van der Waals surface area contributed by atoms with Gasteiger partial charge in [-0.3, -0.25) is 9.59 Å². The van der Waals surface area contributed by atoms with Gasteiger partial charge in [-0.15, -0.1) is 0 Å². The van der Waals surface area contributed by atoms with E-state index in [1.165, 1.54) is 0 Å². The first-order valence-corrected chi connectivity index (χ1v) is 10.6. The van der Waals surface area contributed by atoms with Gasteiger partial charge in [0.1, 0.15) is 23.1 Å². The predicted molar refractivity (Wildman–Crippen MR) is 113 cm³/mol. The van der Waals surface area contributed by atoms with Gasteiger partial charge in [-0.1, -0.05) is 18.2 Å². The van der Waals surface area contributed by atoms with E-state index in [-0.39, 0.29) is 17.9 Å². The van der Waals surface area contributed by atoms with Gasteiger partial charge in [0.25, 0.3) is 5.91 Å². The molecule has 0 unspecified atom stereocenters. The summed E-state index contributed by atoms with van der Waals surface area (Å²) in [6.07, 6.45) is 2.15. The van der Waals surface area contributed by atoms with Gasteiger partial charge in [-0.2, -0.15) is 5.10 Å². The van der Waals surface area contributed by atoms with E-state index in [0.29, 0.717) is 37.6 Å². The third-order valence-electron chi connectivity index (χ3n) is 6.06. The van der Waals surface area contributed by atoms with Crippen molar-refractivity contribution in [1.82, 2.24) is 9.91 Å². The SMILES string of the molecule is CC(=O)N1CC[NH+](CC(=O)N2N=C(c3cc4ccccc4o3)C[C@@H]2c2ccco2)CC1. The summed E-state index contributed by atoms with van der Waals surface area (Å²) in [4.78, 5) is 27.8. The van der Waals surface area contributed by atoms with Crippen molar-refractivity contribution in [2.75, 3.05) is 32.7 Å². The average molecular weight is 421 g/mol. The Hall–Kier alpha value is -3.39. The molecule has 0 aliphatic carbocycles. The molecule has 1 N–H and O–H groups in total. The van der Waals surface area contributed by atoms with Crippen molar-refractivity contribution in [2.24, 2.45) is 5.10 Å². The Morgan fingerprint density at radius 2 is 1.97 bits per heavy atom. The lowest BCUT2D eigenvalue weighted by atomic mass is 10.1. The summed E-state index contributed by atoms with van der Waals surface area (Å²) in [5.74, 6) is 1.41. The second kappa shape index (κ2) is 8.03. The number of nitrogens with one attached hydrogen (secondary N) is 1. The van der Waals surface area contributed by atoms with Crippen molar-refractivity contribution in [3.05, 3.63) is 60.2 Å². The molecule has 2 aliphatic heterocycles. The van der Waals surface area contributed by atoms with Gasteiger partial charge in [-0.25, -0.2) is 5.01 Å². The number of nitrogens with zero attached hydrogens (tertiary/aromatic N) is 3. The molecule has 8 heteroatoms. The number of piperazine rings is 1. The maximum absolute atomic E-state index is 13.2. The molecule has 1 aromatic carbocycles. The monoisotopic (exact) mass is 421 g/mol. The molecule has 5 rings (SSSR count). The van der Waals surface area contributed by atoms with Crippen LogP contribution in [-0.2, 0) is 9.59 Å². The molecule has 0 bridgehead atoms. The number of hydrazone groups is 1. The van der Waals surface area contributed by atoms with Crippen LogP contribution in [0.2, 0.25) is 0 Å². The highest BCUT2D eigenvalue weighted by atomic mass is 16.3. The van der Waals surface area contributed by atoms with Crippen molar-refractivity contribution < 1.29 is 23.3 Å². The van der Waals surface area contributed by atoms with E-state index in [4.69, 9.17) is 8.83 Å². The van der Waals surface area contributed by atoms with Crippen LogP contribution < -0.4 is 4.90 Å². The molecule has 0 radical (unpaired) electrons. The van der Waals surface area contributed by atoms with Crippen LogP contribution in [0.4, 0.5) is 0 Å². The highest BCUT2D eigenvalue weighted by molar-refractivity contribution is 6.03. The summed E-state index contributed by atoms with van der Waals surface area (Å²) < 4.78 is 11.6. The first kappa shape index (κ1) is 19.6. The lowest BCUT2D eigenvalue weighted by molar-refractivity contribution is -0.896. The fraction of sp³-hybridized carbons (Fsp3) is 0.348. The lowest BCUT2D eigenvalue weighted by Crippen LogP contribution is -3.15. The van der Waals surface area contributed by atoms with Gasteiger partial charge >= 0.3 is 0 Å². The van der Waals surface area contributed by atoms with Crippen LogP contribution in [0.1, 0.15) is 30.9 Å². The Kier molecular flexibility index (Phi) is 5.07. The molecular weight excluding hydrogens is 396 g/mol. The second-order valence-corrected chi connectivity index (χ2v) is 8.10. The molecule has 31 heavy (non-hydrogen) atoms. The Labute approximate surface area is 179 Å². The average Bonchev–Trinajstić information content (AvgIpc) is 3.52. The molecule has 4 heterocycles. The minimum absolute atomic E-state index is 0.0567. The number of hydrogen-bond donors (Lipinski definition) is 1. The minimum atomic E-state index is -0.288. The van der Waals surface area contributed by atoms with E-state index < -0.39 is 0 Å². The number of amides is 2. The molecule has 1 fully saturated rings. The third kappa shape index (κ3) is 3.86. The zero-order valence-electron chi connectivity index (χ0n) is 17.4. The molecule has 0 spiro atoms. The molecule has 3 aromatic rings. The molecule has 2 amide bonds. The van der Waals surface area contributed by atoms with Crippen LogP contribution in [0.25, 0.3) is 11.0 Å². The number of para-hydroxylation sites is 1. The Morgan fingerprint density at radius 1 is 1.16 bits per heavy atom. The van der Waals surface area contributed by atoms with E-state index in [1.807, 2.05) is 47.4 Å². The van der Waals surface area contributed by atoms with Gasteiger partial charge in [0, 0.05) is 18.7 Å². The Bertz CT molecular complexity index is 1090. The number of fused-ring (bicyclic) bond motifs is 1. The first-order valence-electron chi connectivity index (χ1n) is 10.6. The molecule has 1 atom stereocenters. The van der Waals surface area contributed by atoms with Crippen molar-refractivity contribution in [1.29, 1.82) is 0 Å². The third-order valence-corrected chi connectivity index (χ3v) is 6.06. The molecular formula is C23H25N4O4+. The van der Waals surface area contributed by atoms with E-state index in [9.17, 15) is 9.59 Å². The van der Waals surface area contributed by atoms with E-state index in [0.717, 1.165) is 34.7 Å². The van der Waals surface area contributed by atoms with Gasteiger partial charge in [-0.05, 0) is 24.3 Å². The summed E-state index contributed by atoms with van der Waals surface area (Å²) in [5, 5.41) is 7.22. The van der Waals surface area contributed by atoms with Gasteiger partial charge in [0.05, 0.1) is 32.4 Å². The highest BCUT2D eigenvalue weighted by Crippen LogP contribution is 2.34. The van der Waals surface area contributed by atoms with Crippen molar-refractivity contribution in [3.63, 3.8) is 0 Å². The number of carbonyl (C=O) groups excluding carboxylic acids is 2. The maximum Gasteiger partial charge on any atom is 0.298 e. The topological polar surface area (TPSA) is 83.7 Å². The van der Waals surface area contributed by atoms with Crippen molar-refractivity contribution >= 4 is 28.5 Å². The Morgan fingerprint density at radius 3 is 2.68 bits per heavy atom. The number of rotatable bonds is 4. The zero-order valence-corrected chi connectivity index (χ0v) is 17.4. The van der Waals surface area contributed by atoms with E-state index in [1.54, 1.807) is 18.2 Å². The summed E-state index contributed by atoms with van der Waals surface area (Å²) in [7, 11) is 0. The second-order valence-electron chi connectivity index (χ2n) is 8.10. The standard InChI is InChI=1S/C23H24N4O4/c1-16(28)26-10-8-25(9-11-26)15-23(29)27-19(21-7-4-12-30-21)14-18(24-27)22-13-17-5-2-3-6-20(17)31-22/h2-7,12-13,19H,8-11,14-15H2,1H3/p+1/t19-/m1/s1. The summed E-state index contributed by atoms with van der Waals surface area (Å²) >= 11 is 0. The maximum atomic E-state index is 13.2. The predicted octanol–water partition coefficient (Wildman–Crippen LogP) is 1.45. The van der Waals surface area contributed by atoms with Gasteiger partial charge in [0.2, 0.25) is 5.91 Å². The van der Waals surface area contributed by atoms with Gasteiger partial charge in [0.15, 0.2) is 12.3 Å². The summed E-state index contributed by atoms with van der Waals surface area (Å²) in [5.41, 5.74) is 1.54. The Balaban J connectivity index is 1.36. The number of carbonyl (C=O) groups is 2. The van der Waals surface area contributed by atoms with Crippen LogP contribution in [0.3, 0.4) is 0 Å². The van der Waals surface area contributed by atoms with Crippen molar-refractivity contribution in [3.8, 4) is 0 Å². The van der Waals surface area contributed by atoms with Crippen LogP contribution in [0.5, 0.6) is 0 Å². The van der Waals surface area contributed by atoms with Crippen LogP contribution in [0.15, 0.2) is 62.7 Å². The van der Waals surface area contributed by atoms with Crippen LogP contribution in [-0.4, -0.2) is 60.2 Å². The van der Waals surface area contributed by atoms with Crippen LogP contribution in [0, 0.1) is 0 Å². The fourth-order valence-electron chi connectivity index (χ4n) is 4.33. The summed E-state index contributed by atoms with van der Waals surface area (Å²) in [6.45, 7) is 4.78. The zero-order chi connectivity index (χ0) is 21.4. The number of benzene rings is 1. The molecule has 160 valence electrons. The molecule has 1 saturated heterocycles. The van der Waals surface area contributed by atoms with E-state index >= 15 is 0 Å². The van der Waals surface area contributed by atoms with Crippen molar-refractivity contribution in [2.45, 2.75) is 19.4 Å². The minimum Gasteiger partial charge on any atom is -0.467 e. The number of hydrogen-bond acceptors (Lipinski definition) is 5. The van der Waals surface area contributed by atoms with Gasteiger partial charge < -0.3 is 18.6 Å². The highest BCUT2D eigenvalue weighted by Gasteiger charge is 2.37. The first-order chi connectivity index (χ1) is 15.1. The quantitative estimate of drug-likeness (QED) is 0.691. The normalized spacial score (nSPS) is 19.8. The fourth-order valence-corrected chi connectivity index (χ4v) is 4.33. The largest absolute Gasteiger partial charge is 0.467 e. The molecule has 2 aliphatic rings.